The predicted octanol–water partition coefficient (Wildman–Crippen LogP) is 4.68. The summed E-state index contributed by atoms with van der Waals surface area (Å²) in [4.78, 5) is 6.54. The van der Waals surface area contributed by atoms with Gasteiger partial charge in [0.15, 0.2) is 0 Å². The van der Waals surface area contributed by atoms with E-state index < -0.39 is 0 Å². The minimum absolute atomic E-state index is 0.223. The molecule has 0 aliphatic rings. The zero-order valence-corrected chi connectivity index (χ0v) is 10.4. The van der Waals surface area contributed by atoms with Gasteiger partial charge in [0.05, 0.1) is 4.88 Å². The van der Waals surface area contributed by atoms with Gasteiger partial charge in [-0.15, -0.1) is 22.7 Å². The summed E-state index contributed by atoms with van der Waals surface area (Å²) < 4.78 is 13.6. The first-order valence-electron chi connectivity index (χ1n) is 5.09. The van der Waals surface area contributed by atoms with Gasteiger partial charge in [-0.3, -0.25) is 0 Å². The molecule has 1 nitrogen and oxygen atoms in total. The van der Waals surface area contributed by atoms with Crippen molar-refractivity contribution in [2.24, 2.45) is 0 Å². The van der Waals surface area contributed by atoms with E-state index in [-0.39, 0.29) is 5.82 Å². The fourth-order valence-corrected chi connectivity index (χ4v) is 3.33. The molecule has 3 rings (SSSR count). The number of hydrogen-bond acceptors (Lipinski definition) is 3. The number of thiophene rings is 1. The van der Waals surface area contributed by atoms with Gasteiger partial charge in [-0.05, 0) is 23.6 Å². The van der Waals surface area contributed by atoms with Gasteiger partial charge in [-0.1, -0.05) is 18.2 Å². The lowest BCUT2D eigenvalue weighted by atomic mass is 10.2. The van der Waals surface area contributed by atoms with Crippen molar-refractivity contribution >= 4 is 22.7 Å². The first-order chi connectivity index (χ1) is 8.34. The molecule has 0 atom stereocenters. The molecule has 0 saturated carbocycles. The van der Waals surface area contributed by atoms with E-state index >= 15 is 0 Å². The summed E-state index contributed by atoms with van der Waals surface area (Å²) >= 11 is 3.18. The molecule has 0 saturated heterocycles. The van der Waals surface area contributed by atoms with Crippen LogP contribution in [0.25, 0.3) is 20.3 Å². The zero-order valence-electron chi connectivity index (χ0n) is 8.76. The van der Waals surface area contributed by atoms with Crippen molar-refractivity contribution in [2.45, 2.75) is 0 Å². The number of aromatic nitrogens is 1. The molecule has 84 valence electrons. The third kappa shape index (κ3) is 2.01. The van der Waals surface area contributed by atoms with Crippen LogP contribution >= 0.6 is 22.7 Å². The SMILES string of the molecule is Fc1ccccc1-c1ncc(-c2cccs2)s1. The lowest BCUT2D eigenvalue weighted by molar-refractivity contribution is 0.631. The Balaban J connectivity index is 2.04. The number of benzene rings is 1. The number of thiazole rings is 1. The second-order valence-corrected chi connectivity index (χ2v) is 5.47. The van der Waals surface area contributed by atoms with Crippen molar-refractivity contribution in [2.75, 3.05) is 0 Å². The van der Waals surface area contributed by atoms with Crippen molar-refractivity contribution in [3.05, 3.63) is 53.8 Å². The topological polar surface area (TPSA) is 12.9 Å². The van der Waals surface area contributed by atoms with Crippen LogP contribution in [0.3, 0.4) is 0 Å². The first kappa shape index (κ1) is 10.6. The lowest BCUT2D eigenvalue weighted by Crippen LogP contribution is -1.80. The van der Waals surface area contributed by atoms with Crippen LogP contribution in [-0.2, 0) is 0 Å². The van der Waals surface area contributed by atoms with E-state index in [9.17, 15) is 4.39 Å². The summed E-state index contributed by atoms with van der Waals surface area (Å²) in [5.41, 5.74) is 0.570. The Kier molecular flexibility index (Phi) is 2.74. The molecule has 3 aromatic rings. The third-order valence-electron chi connectivity index (χ3n) is 2.37. The summed E-state index contributed by atoms with van der Waals surface area (Å²) in [7, 11) is 0. The summed E-state index contributed by atoms with van der Waals surface area (Å²) in [5, 5.41) is 2.75. The number of halogens is 1. The Morgan fingerprint density at radius 2 is 1.88 bits per heavy atom. The monoisotopic (exact) mass is 261 g/mol. The Morgan fingerprint density at radius 1 is 1.00 bits per heavy atom. The standard InChI is InChI=1S/C13H8FNS2/c14-10-5-2-1-4-9(10)13-15-8-12(17-13)11-6-3-7-16-11/h1-8H. The van der Waals surface area contributed by atoms with Crippen molar-refractivity contribution in [1.29, 1.82) is 0 Å². The molecule has 0 amide bonds. The van der Waals surface area contributed by atoms with Crippen molar-refractivity contribution in [1.82, 2.24) is 4.98 Å². The molecule has 0 aliphatic heterocycles. The van der Waals surface area contributed by atoms with Gasteiger partial charge in [-0.25, -0.2) is 9.37 Å². The van der Waals surface area contributed by atoms with Gasteiger partial charge in [0.2, 0.25) is 0 Å². The van der Waals surface area contributed by atoms with Crippen LogP contribution in [0.5, 0.6) is 0 Å². The summed E-state index contributed by atoms with van der Waals surface area (Å²) in [5.74, 6) is -0.223. The number of hydrogen-bond donors (Lipinski definition) is 0. The Hall–Kier alpha value is -1.52. The highest BCUT2D eigenvalue weighted by Gasteiger charge is 2.10. The lowest BCUT2D eigenvalue weighted by Gasteiger charge is -1.96. The minimum Gasteiger partial charge on any atom is -0.244 e. The number of nitrogens with zero attached hydrogens (tertiary/aromatic N) is 1. The van der Waals surface area contributed by atoms with E-state index in [0.29, 0.717) is 5.56 Å². The second kappa shape index (κ2) is 4.39. The van der Waals surface area contributed by atoms with Crippen LogP contribution in [0.15, 0.2) is 48.0 Å². The van der Waals surface area contributed by atoms with Crippen LogP contribution < -0.4 is 0 Å². The van der Waals surface area contributed by atoms with Gasteiger partial charge in [-0.2, -0.15) is 0 Å². The molecule has 2 aromatic heterocycles. The maximum Gasteiger partial charge on any atom is 0.133 e. The highest BCUT2D eigenvalue weighted by atomic mass is 32.1. The smallest absolute Gasteiger partial charge is 0.133 e. The molecule has 0 spiro atoms. The van der Waals surface area contributed by atoms with E-state index in [2.05, 4.69) is 4.98 Å². The fourth-order valence-electron chi connectivity index (χ4n) is 1.57. The van der Waals surface area contributed by atoms with Gasteiger partial charge >= 0.3 is 0 Å². The molecule has 0 N–H and O–H groups in total. The van der Waals surface area contributed by atoms with Crippen LogP contribution in [0.1, 0.15) is 0 Å². The average molecular weight is 261 g/mol. The van der Waals surface area contributed by atoms with Gasteiger partial charge < -0.3 is 0 Å². The molecule has 2 heterocycles. The van der Waals surface area contributed by atoms with Gasteiger partial charge in [0.25, 0.3) is 0 Å². The maximum atomic E-state index is 13.6. The molecule has 0 fully saturated rings. The molecule has 0 unspecified atom stereocenters. The molecule has 0 aliphatic carbocycles. The molecule has 0 radical (unpaired) electrons. The van der Waals surface area contributed by atoms with Crippen molar-refractivity contribution in [3.8, 4) is 20.3 Å². The van der Waals surface area contributed by atoms with Crippen molar-refractivity contribution < 1.29 is 4.39 Å². The molecular weight excluding hydrogens is 253 g/mol. The largest absolute Gasteiger partial charge is 0.244 e. The fraction of sp³-hybridized carbons (Fsp3) is 0. The quantitative estimate of drug-likeness (QED) is 0.653. The Bertz CT molecular complexity index is 628. The number of rotatable bonds is 2. The minimum atomic E-state index is -0.223. The highest BCUT2D eigenvalue weighted by molar-refractivity contribution is 7.22. The van der Waals surface area contributed by atoms with E-state index in [0.717, 1.165) is 9.88 Å². The van der Waals surface area contributed by atoms with E-state index in [1.165, 1.54) is 22.3 Å². The molecule has 0 bridgehead atoms. The van der Waals surface area contributed by atoms with Crippen LogP contribution in [0.2, 0.25) is 0 Å². The Morgan fingerprint density at radius 3 is 2.65 bits per heavy atom. The van der Waals surface area contributed by atoms with Crippen LogP contribution in [-0.4, -0.2) is 4.98 Å². The summed E-state index contributed by atoms with van der Waals surface area (Å²) in [6.45, 7) is 0. The van der Waals surface area contributed by atoms with Crippen LogP contribution in [0, 0.1) is 5.82 Å². The zero-order chi connectivity index (χ0) is 11.7. The summed E-state index contributed by atoms with van der Waals surface area (Å²) in [6.07, 6.45) is 1.80. The van der Waals surface area contributed by atoms with Crippen molar-refractivity contribution in [3.63, 3.8) is 0 Å². The van der Waals surface area contributed by atoms with Gasteiger partial charge in [0.1, 0.15) is 10.8 Å². The van der Waals surface area contributed by atoms with Crippen LogP contribution in [0.4, 0.5) is 4.39 Å². The summed E-state index contributed by atoms with van der Waals surface area (Å²) in [6, 6.07) is 10.8. The normalized spacial score (nSPS) is 10.6. The second-order valence-electron chi connectivity index (χ2n) is 3.49. The van der Waals surface area contributed by atoms with E-state index in [4.69, 9.17) is 0 Å². The van der Waals surface area contributed by atoms with E-state index in [1.54, 1.807) is 29.7 Å². The predicted molar refractivity (Wildman–Crippen MR) is 70.8 cm³/mol. The average Bonchev–Trinajstić information content (AvgIpc) is 3.00. The Labute approximate surface area is 106 Å². The maximum absolute atomic E-state index is 13.6. The molecular formula is C13H8FNS2. The highest BCUT2D eigenvalue weighted by Crippen LogP contribution is 2.34. The van der Waals surface area contributed by atoms with E-state index in [1.807, 2.05) is 23.6 Å². The molecule has 4 heteroatoms. The molecule has 1 aromatic carbocycles. The molecule has 17 heavy (non-hydrogen) atoms. The third-order valence-corrected chi connectivity index (χ3v) is 4.47. The first-order valence-corrected chi connectivity index (χ1v) is 6.79. The van der Waals surface area contributed by atoms with Gasteiger partial charge in [0, 0.05) is 16.6 Å².